The van der Waals surface area contributed by atoms with Crippen LogP contribution in [0.4, 0.5) is 0 Å². The summed E-state index contributed by atoms with van der Waals surface area (Å²) in [5, 5.41) is 2.53. The van der Waals surface area contributed by atoms with Crippen molar-refractivity contribution < 1.29 is 0 Å². The van der Waals surface area contributed by atoms with Crippen LogP contribution in [0.1, 0.15) is 5.56 Å². The number of benzene rings is 2. The molecule has 1 unspecified atom stereocenters. The van der Waals surface area contributed by atoms with Crippen LogP contribution in [0.25, 0.3) is 10.8 Å². The van der Waals surface area contributed by atoms with Gasteiger partial charge in [-0.2, -0.15) is 0 Å². The summed E-state index contributed by atoms with van der Waals surface area (Å²) in [6, 6.07) is 14.9. The number of aliphatic imine (C=N–C) groups is 1. The monoisotopic (exact) mass is 231 g/mol. The normalized spacial score (nSPS) is 22.2. The molecule has 1 aliphatic rings. The Morgan fingerprint density at radius 1 is 0.889 bits per heavy atom. The van der Waals surface area contributed by atoms with Gasteiger partial charge in [0.25, 0.3) is 0 Å². The molecule has 0 aromatic heterocycles. The van der Waals surface area contributed by atoms with Gasteiger partial charge < -0.3 is 0 Å². The van der Waals surface area contributed by atoms with Crippen LogP contribution in [0.2, 0.25) is 0 Å². The smallest absolute Gasteiger partial charge is 0.148 e. The molecule has 0 fully saturated rings. The zero-order valence-electron chi connectivity index (χ0n) is 10.4. The molecule has 0 spiro atoms. The van der Waals surface area contributed by atoms with Crippen molar-refractivity contribution in [1.29, 1.82) is 0 Å². The van der Waals surface area contributed by atoms with Gasteiger partial charge in [0.15, 0.2) is 0 Å². The van der Waals surface area contributed by atoms with Crippen molar-refractivity contribution in [2.45, 2.75) is 5.44 Å². The van der Waals surface area contributed by atoms with Crippen LogP contribution >= 0.6 is 0 Å². The minimum absolute atomic E-state index is 0.287. The molecule has 0 bridgehead atoms. The second-order valence-electron chi connectivity index (χ2n) is 4.70. The molecular weight excluding hydrogens is 217 g/mol. The molecule has 2 heteroatoms. The standard InChI is InChI=1S/C16H14BN/c17-16(11-4-1-5-12-18-16)15-10-6-8-13-7-2-3-9-14(13)15/h1-12H,17H2. The topological polar surface area (TPSA) is 12.4 Å². The van der Waals surface area contributed by atoms with Crippen LogP contribution in [0, 0.1) is 0 Å². The van der Waals surface area contributed by atoms with Crippen molar-refractivity contribution in [3.05, 3.63) is 72.3 Å². The third-order valence-corrected chi connectivity index (χ3v) is 3.41. The summed E-state index contributed by atoms with van der Waals surface area (Å²) in [6.45, 7) is 0. The molecule has 3 rings (SSSR count). The predicted molar refractivity (Wildman–Crippen MR) is 80.9 cm³/mol. The Bertz CT molecular complexity index is 646. The summed E-state index contributed by atoms with van der Waals surface area (Å²) in [7, 11) is 2.15. The van der Waals surface area contributed by atoms with Crippen LogP contribution in [0.5, 0.6) is 0 Å². The Labute approximate surface area is 108 Å². The highest BCUT2D eigenvalue weighted by molar-refractivity contribution is 6.19. The molecule has 0 N–H and O–H groups in total. The number of rotatable bonds is 1. The lowest BCUT2D eigenvalue weighted by molar-refractivity contribution is 0.828. The van der Waals surface area contributed by atoms with Gasteiger partial charge in [-0.05, 0) is 22.4 Å². The molecule has 1 nitrogen and oxygen atoms in total. The van der Waals surface area contributed by atoms with Gasteiger partial charge in [0, 0.05) is 6.21 Å². The van der Waals surface area contributed by atoms with E-state index in [2.05, 4.69) is 67.5 Å². The molecule has 0 aliphatic carbocycles. The number of fused-ring (bicyclic) bond motifs is 1. The van der Waals surface area contributed by atoms with E-state index in [-0.39, 0.29) is 5.44 Å². The lowest BCUT2D eigenvalue weighted by atomic mass is 9.71. The van der Waals surface area contributed by atoms with Crippen molar-refractivity contribution >= 4 is 24.8 Å². The predicted octanol–water partition coefficient (Wildman–Crippen LogP) is 2.82. The molecule has 0 radical (unpaired) electrons. The van der Waals surface area contributed by atoms with E-state index >= 15 is 0 Å². The number of hydrogen-bond acceptors (Lipinski definition) is 1. The fourth-order valence-corrected chi connectivity index (χ4v) is 2.42. The van der Waals surface area contributed by atoms with Crippen LogP contribution in [0.15, 0.2) is 71.8 Å². The number of allylic oxidation sites excluding steroid dienone is 3. The minimum Gasteiger partial charge on any atom is -0.287 e. The SMILES string of the molecule is BC1(c2cccc3ccccc23)C=CC=CC=N1. The maximum atomic E-state index is 4.68. The molecule has 2 aromatic carbocycles. The van der Waals surface area contributed by atoms with Gasteiger partial charge in [-0.3, -0.25) is 4.99 Å². The highest BCUT2D eigenvalue weighted by atomic mass is 14.8. The minimum atomic E-state index is -0.287. The second-order valence-corrected chi connectivity index (χ2v) is 4.70. The molecule has 1 atom stereocenters. The molecular formula is C16H14BN. The maximum Gasteiger partial charge on any atom is 0.148 e. The third-order valence-electron chi connectivity index (χ3n) is 3.41. The van der Waals surface area contributed by atoms with Gasteiger partial charge in [-0.15, -0.1) is 0 Å². The van der Waals surface area contributed by atoms with E-state index in [1.807, 2.05) is 18.4 Å². The van der Waals surface area contributed by atoms with Crippen molar-refractivity contribution in [1.82, 2.24) is 0 Å². The van der Waals surface area contributed by atoms with Crippen molar-refractivity contribution in [2.24, 2.45) is 4.99 Å². The third kappa shape index (κ3) is 1.80. The van der Waals surface area contributed by atoms with E-state index < -0.39 is 0 Å². The Balaban J connectivity index is 2.26. The molecule has 0 amide bonds. The van der Waals surface area contributed by atoms with Crippen molar-refractivity contribution in [2.75, 3.05) is 0 Å². The molecule has 86 valence electrons. The zero-order chi connectivity index (χ0) is 12.4. The molecule has 1 aliphatic heterocycles. The summed E-state index contributed by atoms with van der Waals surface area (Å²) in [4.78, 5) is 4.68. The van der Waals surface area contributed by atoms with Gasteiger partial charge in [0.1, 0.15) is 7.85 Å². The lowest BCUT2D eigenvalue weighted by Crippen LogP contribution is -2.21. The fourth-order valence-electron chi connectivity index (χ4n) is 2.42. The van der Waals surface area contributed by atoms with Crippen molar-refractivity contribution in [3.8, 4) is 0 Å². The Morgan fingerprint density at radius 3 is 2.67 bits per heavy atom. The Kier molecular flexibility index (Phi) is 2.64. The van der Waals surface area contributed by atoms with E-state index in [1.165, 1.54) is 16.3 Å². The highest BCUT2D eigenvalue weighted by Gasteiger charge is 2.23. The van der Waals surface area contributed by atoms with Gasteiger partial charge in [0.05, 0.1) is 5.44 Å². The Hall–Kier alpha value is -2.09. The van der Waals surface area contributed by atoms with E-state index in [9.17, 15) is 0 Å². The van der Waals surface area contributed by atoms with Crippen molar-refractivity contribution in [3.63, 3.8) is 0 Å². The largest absolute Gasteiger partial charge is 0.287 e. The Morgan fingerprint density at radius 2 is 1.72 bits per heavy atom. The molecule has 1 heterocycles. The summed E-state index contributed by atoms with van der Waals surface area (Å²) < 4.78 is 0. The van der Waals surface area contributed by atoms with Crippen LogP contribution < -0.4 is 0 Å². The fraction of sp³-hybridized carbons (Fsp3) is 0.0625. The summed E-state index contributed by atoms with van der Waals surface area (Å²) in [6.07, 6.45) is 10.1. The van der Waals surface area contributed by atoms with E-state index in [0.29, 0.717) is 0 Å². The van der Waals surface area contributed by atoms with Crippen LogP contribution in [-0.4, -0.2) is 14.1 Å². The van der Waals surface area contributed by atoms with Crippen LogP contribution in [-0.2, 0) is 5.44 Å². The van der Waals surface area contributed by atoms with Gasteiger partial charge in [0.2, 0.25) is 0 Å². The van der Waals surface area contributed by atoms with Crippen LogP contribution in [0.3, 0.4) is 0 Å². The first-order valence-electron chi connectivity index (χ1n) is 6.18. The number of hydrogen-bond donors (Lipinski definition) is 0. The van der Waals surface area contributed by atoms with E-state index in [4.69, 9.17) is 0 Å². The highest BCUT2D eigenvalue weighted by Crippen LogP contribution is 2.31. The van der Waals surface area contributed by atoms with E-state index in [1.54, 1.807) is 0 Å². The summed E-state index contributed by atoms with van der Waals surface area (Å²) in [5.41, 5.74) is 0.960. The molecule has 0 saturated carbocycles. The second kappa shape index (κ2) is 4.30. The van der Waals surface area contributed by atoms with Gasteiger partial charge in [-0.25, -0.2) is 0 Å². The first-order chi connectivity index (χ1) is 8.80. The number of nitrogens with zero attached hydrogens (tertiary/aromatic N) is 1. The molecule has 2 aromatic rings. The summed E-state index contributed by atoms with van der Waals surface area (Å²) in [5.74, 6) is 0. The average Bonchev–Trinajstić information content (AvgIpc) is 2.64. The van der Waals surface area contributed by atoms with Gasteiger partial charge >= 0.3 is 0 Å². The quantitative estimate of drug-likeness (QED) is 0.669. The zero-order valence-corrected chi connectivity index (χ0v) is 10.4. The summed E-state index contributed by atoms with van der Waals surface area (Å²) >= 11 is 0. The maximum absolute atomic E-state index is 4.68. The molecule has 18 heavy (non-hydrogen) atoms. The average molecular weight is 231 g/mol. The van der Waals surface area contributed by atoms with E-state index in [0.717, 1.165) is 0 Å². The first-order valence-corrected chi connectivity index (χ1v) is 6.18. The molecule has 0 saturated heterocycles. The van der Waals surface area contributed by atoms with Gasteiger partial charge in [-0.1, -0.05) is 60.7 Å². The lowest BCUT2D eigenvalue weighted by Gasteiger charge is -2.23. The first kappa shape index (κ1) is 11.0.